The monoisotopic (exact) mass is 533 g/mol. The molecule has 0 radical (unpaired) electrons. The van der Waals surface area contributed by atoms with E-state index < -0.39 is 5.97 Å². The highest BCUT2D eigenvalue weighted by molar-refractivity contribution is 5.74. The first-order valence-corrected chi connectivity index (χ1v) is 14.8. The van der Waals surface area contributed by atoms with Gasteiger partial charge in [0.2, 0.25) is 0 Å². The zero-order valence-electron chi connectivity index (χ0n) is 23.2. The van der Waals surface area contributed by atoms with Gasteiger partial charge in [-0.3, -0.25) is 9.69 Å². The Morgan fingerprint density at radius 2 is 1.59 bits per heavy atom. The lowest BCUT2D eigenvalue weighted by atomic mass is 9.83. The van der Waals surface area contributed by atoms with Gasteiger partial charge in [-0.2, -0.15) is 0 Å². The molecule has 39 heavy (non-hydrogen) atoms. The summed E-state index contributed by atoms with van der Waals surface area (Å²) in [6, 6.07) is 18.4. The van der Waals surface area contributed by atoms with E-state index in [1.165, 1.54) is 24.8 Å². The number of piperidine rings is 1. The van der Waals surface area contributed by atoms with Crippen LogP contribution in [0, 0.1) is 5.92 Å². The number of nitrogens with zero attached hydrogens (tertiary/aromatic N) is 3. The first-order chi connectivity index (χ1) is 19.0. The predicted molar refractivity (Wildman–Crippen MR) is 152 cm³/mol. The number of carboxylic acids is 1. The summed E-state index contributed by atoms with van der Waals surface area (Å²) in [5.41, 5.74) is 2.46. The molecule has 6 rings (SSSR count). The second-order valence-corrected chi connectivity index (χ2v) is 11.7. The molecular weight excluding hydrogens is 490 g/mol. The van der Waals surface area contributed by atoms with E-state index in [0.717, 1.165) is 63.8 Å². The molecule has 0 spiro atoms. The first-order valence-electron chi connectivity index (χ1n) is 14.8. The van der Waals surface area contributed by atoms with Crippen LogP contribution in [0.1, 0.15) is 68.4 Å². The van der Waals surface area contributed by atoms with E-state index in [1.54, 1.807) is 0 Å². The van der Waals surface area contributed by atoms with Gasteiger partial charge >= 0.3 is 12.1 Å². The minimum absolute atomic E-state index is 0.191. The van der Waals surface area contributed by atoms with Gasteiger partial charge in [-0.05, 0) is 82.3 Å². The molecule has 210 valence electrons. The average molecular weight is 534 g/mol. The van der Waals surface area contributed by atoms with Gasteiger partial charge in [0.05, 0.1) is 6.54 Å². The van der Waals surface area contributed by atoms with Gasteiger partial charge in [0.25, 0.3) is 0 Å². The molecule has 2 aromatic rings. The van der Waals surface area contributed by atoms with Crippen LogP contribution in [0.15, 0.2) is 54.6 Å². The van der Waals surface area contributed by atoms with Crippen molar-refractivity contribution in [2.75, 3.05) is 33.2 Å². The quantitative estimate of drug-likeness (QED) is 0.539. The van der Waals surface area contributed by atoms with Crippen molar-refractivity contribution in [3.8, 4) is 5.75 Å². The van der Waals surface area contributed by atoms with Crippen LogP contribution in [-0.4, -0.2) is 77.2 Å². The number of likely N-dealkylation sites (tertiary alicyclic amines) is 2. The summed E-state index contributed by atoms with van der Waals surface area (Å²) in [5, 5.41) is 9.70. The minimum atomic E-state index is -0.615. The Bertz CT molecular complexity index is 1100. The van der Waals surface area contributed by atoms with Crippen molar-refractivity contribution < 1.29 is 19.4 Å². The van der Waals surface area contributed by atoms with Gasteiger partial charge in [0.15, 0.2) is 0 Å². The molecule has 2 saturated heterocycles. The van der Waals surface area contributed by atoms with E-state index >= 15 is 0 Å². The number of amides is 1. The van der Waals surface area contributed by atoms with Crippen LogP contribution in [0.25, 0.3) is 0 Å². The maximum absolute atomic E-state index is 12.0. The number of carbonyl (C=O) groups is 2. The van der Waals surface area contributed by atoms with E-state index in [1.807, 2.05) is 35.2 Å². The number of carbonyl (C=O) groups excluding carboxylic acids is 1. The zero-order valence-corrected chi connectivity index (χ0v) is 23.2. The fourth-order valence-electron chi connectivity index (χ4n) is 6.86. The topological polar surface area (TPSA) is 73.3 Å². The highest BCUT2D eigenvalue weighted by Gasteiger charge is 2.38. The first kappa shape index (κ1) is 27.7. The predicted octanol–water partition coefficient (Wildman–Crippen LogP) is 5.60. The molecule has 1 amide bonds. The van der Waals surface area contributed by atoms with Crippen molar-refractivity contribution in [1.82, 2.24) is 14.7 Å². The maximum Gasteiger partial charge on any atom is 0.415 e. The molecule has 3 fully saturated rings. The average Bonchev–Trinajstić information content (AvgIpc) is 3.44. The van der Waals surface area contributed by atoms with Gasteiger partial charge < -0.3 is 19.6 Å². The number of carboxylic acid groups (broad SMARTS) is 1. The molecule has 0 aromatic heterocycles. The summed E-state index contributed by atoms with van der Waals surface area (Å²) in [7, 11) is 2.13. The van der Waals surface area contributed by atoms with E-state index in [0.29, 0.717) is 30.2 Å². The summed E-state index contributed by atoms with van der Waals surface area (Å²) in [5.74, 6) is 0.949. The smallest absolute Gasteiger partial charge is 0.415 e. The number of aliphatic carboxylic acids is 1. The molecule has 1 N–H and O–H groups in total. The number of benzene rings is 2. The maximum atomic E-state index is 12.0. The highest BCUT2D eigenvalue weighted by atomic mass is 16.6. The normalized spacial score (nSPS) is 23.9. The Hall–Kier alpha value is -2.90. The number of hydrogen-bond acceptors (Lipinski definition) is 5. The molecule has 1 saturated carbocycles. The summed E-state index contributed by atoms with van der Waals surface area (Å²) in [6.45, 7) is 4.61. The van der Waals surface area contributed by atoms with E-state index in [-0.39, 0.29) is 12.1 Å². The molecule has 0 bridgehead atoms. The molecule has 3 heterocycles. The number of fused-ring (bicyclic) bond motifs is 1. The van der Waals surface area contributed by atoms with Gasteiger partial charge in [-0.25, -0.2) is 4.79 Å². The highest BCUT2D eigenvalue weighted by Crippen LogP contribution is 2.35. The van der Waals surface area contributed by atoms with Crippen LogP contribution in [0.3, 0.4) is 0 Å². The third-order valence-electron chi connectivity index (χ3n) is 9.11. The van der Waals surface area contributed by atoms with Crippen molar-refractivity contribution in [3.05, 3.63) is 65.7 Å². The van der Waals surface area contributed by atoms with Crippen molar-refractivity contribution in [2.45, 2.75) is 75.9 Å². The molecule has 2 aromatic carbocycles. The number of rotatable bonds is 5. The number of hydrogen-bond donors (Lipinski definition) is 1. The van der Waals surface area contributed by atoms with Crippen LogP contribution in [-0.2, 0) is 11.3 Å². The lowest BCUT2D eigenvalue weighted by Gasteiger charge is -2.38. The standard InChI is InChI=1S/C18H25NO2.C14H18N2O2/c20-18(21)17(15-9-5-2-6-10-15)19-12-11-16(13-19)14-7-3-1-4-8-14;1-15-8-6-12(7-9-15)16-10-11-4-2-3-5-13(11)18-14(16)17/h1,3-4,7-8,15-17H,2,5-6,9-13H2,(H,20,21);2-5,12H,6-10H2,1H3/t16-,17-;/m1./s1. The Labute approximate surface area is 232 Å². The minimum Gasteiger partial charge on any atom is -0.480 e. The van der Waals surface area contributed by atoms with Crippen molar-refractivity contribution in [3.63, 3.8) is 0 Å². The molecule has 3 aliphatic heterocycles. The van der Waals surface area contributed by atoms with E-state index in [4.69, 9.17) is 4.74 Å². The van der Waals surface area contributed by atoms with Gasteiger partial charge in [-0.1, -0.05) is 67.8 Å². The number of para-hydroxylation sites is 1. The lowest BCUT2D eigenvalue weighted by molar-refractivity contribution is -0.145. The molecule has 1 aliphatic carbocycles. The van der Waals surface area contributed by atoms with Gasteiger partial charge in [0.1, 0.15) is 11.8 Å². The molecule has 4 aliphatic rings. The van der Waals surface area contributed by atoms with Crippen LogP contribution in [0.2, 0.25) is 0 Å². The van der Waals surface area contributed by atoms with Crippen LogP contribution >= 0.6 is 0 Å². The van der Waals surface area contributed by atoms with Crippen LogP contribution in [0.5, 0.6) is 5.75 Å². The second-order valence-electron chi connectivity index (χ2n) is 11.7. The van der Waals surface area contributed by atoms with Gasteiger partial charge in [-0.15, -0.1) is 0 Å². The molecule has 2 atom stereocenters. The molecular formula is C32H43N3O4. The Morgan fingerprint density at radius 3 is 2.31 bits per heavy atom. The summed E-state index contributed by atoms with van der Waals surface area (Å²) >= 11 is 0. The Kier molecular flexibility index (Phi) is 9.20. The molecule has 7 nitrogen and oxygen atoms in total. The summed E-state index contributed by atoms with van der Waals surface area (Å²) in [4.78, 5) is 30.2. The Balaban J connectivity index is 0.000000160. The second kappa shape index (κ2) is 13.0. The third kappa shape index (κ3) is 6.82. The largest absolute Gasteiger partial charge is 0.480 e. The molecule has 0 unspecified atom stereocenters. The number of ether oxygens (including phenoxy) is 1. The van der Waals surface area contributed by atoms with E-state index in [9.17, 15) is 14.7 Å². The lowest BCUT2D eigenvalue weighted by Crippen LogP contribution is -2.48. The van der Waals surface area contributed by atoms with E-state index in [2.05, 4.69) is 41.1 Å². The van der Waals surface area contributed by atoms with Crippen LogP contribution < -0.4 is 4.74 Å². The van der Waals surface area contributed by atoms with Crippen molar-refractivity contribution in [2.24, 2.45) is 5.92 Å². The van der Waals surface area contributed by atoms with Crippen molar-refractivity contribution >= 4 is 12.1 Å². The van der Waals surface area contributed by atoms with Crippen LogP contribution in [0.4, 0.5) is 4.79 Å². The fourth-order valence-corrected chi connectivity index (χ4v) is 6.86. The SMILES string of the molecule is CN1CCC(N2Cc3ccccc3OC2=O)CC1.O=C(O)[C@@H](C1CCCCC1)N1CC[C@@H](c2ccccc2)C1. The third-order valence-corrected chi connectivity index (χ3v) is 9.11. The summed E-state index contributed by atoms with van der Waals surface area (Å²) < 4.78 is 5.40. The zero-order chi connectivity index (χ0) is 27.2. The fraction of sp³-hybridized carbons (Fsp3) is 0.562. The summed E-state index contributed by atoms with van der Waals surface area (Å²) in [6.07, 6.45) is 8.81. The van der Waals surface area contributed by atoms with Crippen molar-refractivity contribution in [1.29, 1.82) is 0 Å². The molecule has 7 heteroatoms. The van der Waals surface area contributed by atoms with Gasteiger partial charge in [0, 0.05) is 18.2 Å². The Morgan fingerprint density at radius 1 is 0.897 bits per heavy atom.